The number of allylic oxidation sites excluding steroid dienone is 1. The van der Waals surface area contributed by atoms with Crippen LogP contribution in [0, 0.1) is 0 Å². The molecule has 1 aliphatic heterocycles. The van der Waals surface area contributed by atoms with E-state index in [9.17, 15) is 5.11 Å². The quantitative estimate of drug-likeness (QED) is 0.575. The first kappa shape index (κ1) is 7.65. The highest BCUT2D eigenvalue weighted by Crippen LogP contribution is 2.21. The van der Waals surface area contributed by atoms with Gasteiger partial charge in [-0.1, -0.05) is 6.42 Å². The van der Waals surface area contributed by atoms with Crippen molar-refractivity contribution in [2.75, 3.05) is 0 Å². The minimum atomic E-state index is 0.170. The number of aliphatic imine (C=N–C) groups is 1. The molecule has 0 saturated heterocycles. The molecule has 3 heteroatoms. The Labute approximate surface area is 72.2 Å². The van der Waals surface area contributed by atoms with Crippen molar-refractivity contribution in [3.63, 3.8) is 0 Å². The Hall–Kier alpha value is -0.990. The third kappa shape index (κ3) is 1.19. The van der Waals surface area contributed by atoms with Gasteiger partial charge in [0.25, 0.3) is 0 Å². The molecule has 0 aromatic carbocycles. The van der Waals surface area contributed by atoms with E-state index in [-0.39, 0.29) is 5.88 Å². The molecule has 0 amide bonds. The highest BCUT2D eigenvalue weighted by atomic mass is 16.3. The summed E-state index contributed by atoms with van der Waals surface area (Å²) in [6, 6.07) is 0.398. The van der Waals surface area contributed by atoms with Gasteiger partial charge in [0.05, 0.1) is 11.7 Å². The molecule has 2 rings (SSSR count). The van der Waals surface area contributed by atoms with E-state index in [0.29, 0.717) is 6.04 Å². The maximum atomic E-state index is 9.35. The van der Waals surface area contributed by atoms with Crippen LogP contribution in [0.5, 0.6) is 0 Å². The van der Waals surface area contributed by atoms with Crippen LogP contribution < -0.4 is 5.32 Å². The fraction of sp³-hybridized carbons (Fsp3) is 0.667. The molecule has 3 nitrogen and oxygen atoms in total. The Kier molecular flexibility index (Phi) is 1.79. The van der Waals surface area contributed by atoms with Gasteiger partial charge in [-0.15, -0.1) is 0 Å². The van der Waals surface area contributed by atoms with Gasteiger partial charge in [-0.05, 0) is 26.2 Å². The first-order chi connectivity index (χ1) is 5.77. The fourth-order valence-corrected chi connectivity index (χ4v) is 1.83. The van der Waals surface area contributed by atoms with Gasteiger partial charge in [-0.25, -0.2) is 4.99 Å². The number of nitrogens with one attached hydrogen (secondary N) is 1. The van der Waals surface area contributed by atoms with E-state index in [1.54, 1.807) is 0 Å². The van der Waals surface area contributed by atoms with Crippen LogP contribution in [-0.4, -0.2) is 16.9 Å². The van der Waals surface area contributed by atoms with Crippen molar-refractivity contribution >= 4 is 5.71 Å². The van der Waals surface area contributed by atoms with Crippen molar-refractivity contribution in [2.24, 2.45) is 4.99 Å². The molecule has 0 bridgehead atoms. The van der Waals surface area contributed by atoms with Crippen LogP contribution in [0.25, 0.3) is 0 Å². The molecule has 1 heterocycles. The number of nitrogens with zero attached hydrogens (tertiary/aromatic N) is 1. The average Bonchev–Trinajstić information content (AvgIpc) is 2.07. The minimum Gasteiger partial charge on any atom is -0.492 e. The zero-order valence-electron chi connectivity index (χ0n) is 7.30. The van der Waals surface area contributed by atoms with E-state index >= 15 is 0 Å². The van der Waals surface area contributed by atoms with Crippen LogP contribution in [0.15, 0.2) is 16.6 Å². The minimum absolute atomic E-state index is 0.170. The SMILES string of the molecule is CC1=C(O)N=C2CCCCC2N1. The molecule has 1 saturated carbocycles. The van der Waals surface area contributed by atoms with E-state index in [2.05, 4.69) is 10.3 Å². The number of hydrogen-bond donors (Lipinski definition) is 2. The number of fused-ring (bicyclic) bond motifs is 1. The Morgan fingerprint density at radius 1 is 1.50 bits per heavy atom. The number of rotatable bonds is 0. The molecule has 0 aromatic heterocycles. The Bertz CT molecular complexity index is 255. The van der Waals surface area contributed by atoms with Crippen molar-refractivity contribution < 1.29 is 5.11 Å². The molecule has 0 aromatic rings. The molecule has 1 unspecified atom stereocenters. The molecule has 66 valence electrons. The monoisotopic (exact) mass is 166 g/mol. The van der Waals surface area contributed by atoms with Gasteiger partial charge < -0.3 is 10.4 Å². The first-order valence-electron chi connectivity index (χ1n) is 4.51. The molecule has 0 spiro atoms. The number of aliphatic hydroxyl groups is 1. The second-order valence-electron chi connectivity index (χ2n) is 3.49. The van der Waals surface area contributed by atoms with E-state index in [1.807, 2.05) is 6.92 Å². The normalized spacial score (nSPS) is 29.1. The van der Waals surface area contributed by atoms with Gasteiger partial charge in [-0.3, -0.25) is 0 Å². The lowest BCUT2D eigenvalue weighted by Crippen LogP contribution is -2.40. The van der Waals surface area contributed by atoms with Gasteiger partial charge in [0, 0.05) is 5.71 Å². The first-order valence-corrected chi connectivity index (χ1v) is 4.51. The highest BCUT2D eigenvalue weighted by molar-refractivity contribution is 5.91. The van der Waals surface area contributed by atoms with Crippen molar-refractivity contribution in [3.05, 3.63) is 11.6 Å². The van der Waals surface area contributed by atoms with Gasteiger partial charge >= 0.3 is 0 Å². The zero-order valence-corrected chi connectivity index (χ0v) is 7.30. The Morgan fingerprint density at radius 2 is 2.33 bits per heavy atom. The van der Waals surface area contributed by atoms with Gasteiger partial charge in [0.2, 0.25) is 5.88 Å². The molecule has 1 atom stereocenters. The van der Waals surface area contributed by atoms with Crippen LogP contribution in [0.1, 0.15) is 32.6 Å². The molecule has 2 N–H and O–H groups in total. The lowest BCUT2D eigenvalue weighted by Gasteiger charge is -2.29. The summed E-state index contributed by atoms with van der Waals surface area (Å²) in [6.45, 7) is 1.87. The second kappa shape index (κ2) is 2.81. The molecular formula is C9H14N2O. The fourth-order valence-electron chi connectivity index (χ4n) is 1.83. The molecule has 1 fully saturated rings. The summed E-state index contributed by atoms with van der Waals surface area (Å²) in [7, 11) is 0. The van der Waals surface area contributed by atoms with E-state index in [1.165, 1.54) is 12.8 Å². The predicted molar refractivity (Wildman–Crippen MR) is 48.2 cm³/mol. The number of hydrogen-bond acceptors (Lipinski definition) is 3. The van der Waals surface area contributed by atoms with Crippen LogP contribution in [0.2, 0.25) is 0 Å². The largest absolute Gasteiger partial charge is 0.492 e. The lowest BCUT2D eigenvalue weighted by molar-refractivity contribution is 0.378. The standard InChI is InChI=1S/C9H14N2O/c1-6-9(12)11-8-5-3-2-4-7(8)10-6/h7,10,12H,2-5H2,1H3. The average molecular weight is 166 g/mol. The smallest absolute Gasteiger partial charge is 0.230 e. The number of aliphatic hydroxyl groups excluding tert-OH is 1. The van der Waals surface area contributed by atoms with E-state index < -0.39 is 0 Å². The molecule has 12 heavy (non-hydrogen) atoms. The third-order valence-corrected chi connectivity index (χ3v) is 2.55. The Balaban J connectivity index is 2.23. The van der Waals surface area contributed by atoms with Crippen LogP contribution in [0.4, 0.5) is 0 Å². The summed E-state index contributed by atoms with van der Waals surface area (Å²) in [6.07, 6.45) is 4.67. The van der Waals surface area contributed by atoms with Crippen LogP contribution in [0.3, 0.4) is 0 Å². The van der Waals surface area contributed by atoms with Crippen molar-refractivity contribution in [2.45, 2.75) is 38.6 Å². The van der Waals surface area contributed by atoms with Crippen LogP contribution in [-0.2, 0) is 0 Å². The highest BCUT2D eigenvalue weighted by Gasteiger charge is 2.24. The molecule has 1 aliphatic carbocycles. The second-order valence-corrected chi connectivity index (χ2v) is 3.49. The summed E-state index contributed by atoms with van der Waals surface area (Å²) in [4.78, 5) is 4.17. The third-order valence-electron chi connectivity index (χ3n) is 2.55. The molecule has 2 aliphatic rings. The Morgan fingerprint density at radius 3 is 3.17 bits per heavy atom. The van der Waals surface area contributed by atoms with E-state index in [0.717, 1.165) is 24.3 Å². The maximum absolute atomic E-state index is 9.35. The van der Waals surface area contributed by atoms with Crippen molar-refractivity contribution in [3.8, 4) is 0 Å². The van der Waals surface area contributed by atoms with Gasteiger partial charge in [-0.2, -0.15) is 0 Å². The molecule has 0 radical (unpaired) electrons. The van der Waals surface area contributed by atoms with Crippen molar-refractivity contribution in [1.29, 1.82) is 0 Å². The summed E-state index contributed by atoms with van der Waals surface area (Å²) in [5, 5.41) is 12.6. The lowest BCUT2D eigenvalue weighted by atomic mass is 9.92. The predicted octanol–water partition coefficient (Wildman–Crippen LogP) is 1.72. The topological polar surface area (TPSA) is 44.6 Å². The summed E-state index contributed by atoms with van der Waals surface area (Å²) >= 11 is 0. The van der Waals surface area contributed by atoms with E-state index in [4.69, 9.17) is 0 Å². The van der Waals surface area contributed by atoms with Crippen LogP contribution >= 0.6 is 0 Å². The summed E-state index contributed by atoms with van der Waals surface area (Å²) in [5.74, 6) is 0.170. The zero-order chi connectivity index (χ0) is 8.55. The van der Waals surface area contributed by atoms with Crippen molar-refractivity contribution in [1.82, 2.24) is 5.32 Å². The maximum Gasteiger partial charge on any atom is 0.230 e. The summed E-state index contributed by atoms with van der Waals surface area (Å²) in [5.41, 5.74) is 1.94. The molecular weight excluding hydrogens is 152 g/mol. The van der Waals surface area contributed by atoms with Gasteiger partial charge in [0.1, 0.15) is 0 Å². The van der Waals surface area contributed by atoms with Gasteiger partial charge in [0.15, 0.2) is 0 Å². The summed E-state index contributed by atoms with van der Waals surface area (Å²) < 4.78 is 0.